The molecule has 0 N–H and O–H groups in total. The van der Waals surface area contributed by atoms with Crippen molar-refractivity contribution < 1.29 is 28.6 Å². The van der Waals surface area contributed by atoms with Gasteiger partial charge in [-0.3, -0.25) is 14.4 Å². The summed E-state index contributed by atoms with van der Waals surface area (Å²) in [5.74, 6) is -0.879. The topological polar surface area (TPSA) is 78.9 Å². The highest BCUT2D eigenvalue weighted by Gasteiger charge is 2.19. The zero-order valence-electron chi connectivity index (χ0n) is 37.4. The molecule has 6 nitrogen and oxygen atoms in total. The standard InChI is InChI=1S/C50H92O6/c1-4-7-10-13-15-17-19-21-23-24-25-26-27-29-30-32-34-37-40-43-49(52)55-46-47(45-54-48(51)42-39-36-12-9-6-3)56-50(53)44-41-38-35-33-31-28-22-20-18-16-14-11-8-5-2/h15,17,21,23,47H,4-14,16,18-20,22,24-46H2,1-3H3/b17-15-,23-21-. The first-order valence-corrected chi connectivity index (χ1v) is 24.3. The van der Waals surface area contributed by atoms with Crippen LogP contribution in [0.2, 0.25) is 0 Å². The first kappa shape index (κ1) is 53.9. The summed E-state index contributed by atoms with van der Waals surface area (Å²) in [6.07, 6.45) is 50.5. The van der Waals surface area contributed by atoms with Gasteiger partial charge in [-0.05, 0) is 51.4 Å². The molecule has 0 aliphatic carbocycles. The van der Waals surface area contributed by atoms with E-state index in [1.807, 2.05) is 0 Å². The molecule has 0 bridgehead atoms. The summed E-state index contributed by atoms with van der Waals surface area (Å²) < 4.78 is 16.6. The van der Waals surface area contributed by atoms with Gasteiger partial charge in [-0.2, -0.15) is 0 Å². The molecule has 0 aromatic rings. The number of hydrogen-bond donors (Lipinski definition) is 0. The van der Waals surface area contributed by atoms with Crippen molar-refractivity contribution in [1.82, 2.24) is 0 Å². The number of hydrogen-bond acceptors (Lipinski definition) is 6. The first-order valence-electron chi connectivity index (χ1n) is 24.3. The second-order valence-electron chi connectivity index (χ2n) is 16.4. The molecular formula is C50H92O6. The van der Waals surface area contributed by atoms with Gasteiger partial charge in [0.2, 0.25) is 0 Å². The van der Waals surface area contributed by atoms with E-state index in [4.69, 9.17) is 14.2 Å². The largest absolute Gasteiger partial charge is 0.462 e. The van der Waals surface area contributed by atoms with Crippen molar-refractivity contribution in [3.05, 3.63) is 24.3 Å². The lowest BCUT2D eigenvalue weighted by atomic mass is 10.0. The monoisotopic (exact) mass is 789 g/mol. The van der Waals surface area contributed by atoms with Gasteiger partial charge in [0, 0.05) is 19.3 Å². The zero-order chi connectivity index (χ0) is 40.8. The molecule has 56 heavy (non-hydrogen) atoms. The Morgan fingerprint density at radius 3 is 1.02 bits per heavy atom. The molecule has 1 unspecified atom stereocenters. The average Bonchev–Trinajstić information content (AvgIpc) is 3.19. The molecule has 0 heterocycles. The van der Waals surface area contributed by atoms with Crippen molar-refractivity contribution in [1.29, 1.82) is 0 Å². The van der Waals surface area contributed by atoms with Crippen molar-refractivity contribution in [2.24, 2.45) is 0 Å². The van der Waals surface area contributed by atoms with Crippen LogP contribution in [0.15, 0.2) is 24.3 Å². The Morgan fingerprint density at radius 1 is 0.357 bits per heavy atom. The number of carbonyl (C=O) groups is 3. The molecule has 0 aromatic carbocycles. The van der Waals surface area contributed by atoms with Crippen LogP contribution in [0.5, 0.6) is 0 Å². The van der Waals surface area contributed by atoms with Crippen LogP contribution < -0.4 is 0 Å². The van der Waals surface area contributed by atoms with Gasteiger partial charge < -0.3 is 14.2 Å². The number of carbonyl (C=O) groups excluding carboxylic acids is 3. The fraction of sp³-hybridized carbons (Fsp3) is 0.860. The smallest absolute Gasteiger partial charge is 0.306 e. The summed E-state index contributed by atoms with van der Waals surface area (Å²) >= 11 is 0. The number of allylic oxidation sites excluding steroid dienone is 4. The molecule has 0 aromatic heterocycles. The van der Waals surface area contributed by atoms with Gasteiger partial charge >= 0.3 is 17.9 Å². The minimum absolute atomic E-state index is 0.0703. The van der Waals surface area contributed by atoms with Crippen molar-refractivity contribution >= 4 is 17.9 Å². The van der Waals surface area contributed by atoms with Crippen LogP contribution in [0, 0.1) is 0 Å². The fourth-order valence-corrected chi connectivity index (χ4v) is 7.00. The third-order valence-corrected chi connectivity index (χ3v) is 10.7. The highest BCUT2D eigenvalue weighted by molar-refractivity contribution is 5.71. The van der Waals surface area contributed by atoms with Gasteiger partial charge in [0.05, 0.1) is 0 Å². The van der Waals surface area contributed by atoms with Gasteiger partial charge in [0.1, 0.15) is 13.2 Å². The van der Waals surface area contributed by atoms with Crippen molar-refractivity contribution in [2.45, 2.75) is 264 Å². The Morgan fingerprint density at radius 2 is 0.643 bits per heavy atom. The molecule has 0 saturated heterocycles. The van der Waals surface area contributed by atoms with Crippen molar-refractivity contribution in [3.63, 3.8) is 0 Å². The van der Waals surface area contributed by atoms with Gasteiger partial charge in [-0.15, -0.1) is 0 Å². The number of rotatable bonds is 44. The fourth-order valence-electron chi connectivity index (χ4n) is 7.00. The predicted octanol–water partition coefficient (Wildman–Crippen LogP) is 15.6. The molecular weight excluding hydrogens is 697 g/mol. The van der Waals surface area contributed by atoms with Gasteiger partial charge in [-0.1, -0.05) is 212 Å². The van der Waals surface area contributed by atoms with E-state index in [1.165, 1.54) is 148 Å². The summed E-state index contributed by atoms with van der Waals surface area (Å²) in [4.78, 5) is 37.6. The Kier molecular flexibility index (Phi) is 43.9. The zero-order valence-corrected chi connectivity index (χ0v) is 37.4. The maximum Gasteiger partial charge on any atom is 0.306 e. The average molecular weight is 789 g/mol. The molecule has 0 amide bonds. The Hall–Kier alpha value is -2.11. The Bertz CT molecular complexity index is 911. The highest BCUT2D eigenvalue weighted by Crippen LogP contribution is 2.15. The predicted molar refractivity (Wildman–Crippen MR) is 238 cm³/mol. The minimum Gasteiger partial charge on any atom is -0.462 e. The van der Waals surface area contributed by atoms with Crippen molar-refractivity contribution in [2.75, 3.05) is 13.2 Å². The third-order valence-electron chi connectivity index (χ3n) is 10.7. The van der Waals surface area contributed by atoms with Crippen LogP contribution in [-0.2, 0) is 28.6 Å². The van der Waals surface area contributed by atoms with E-state index in [0.717, 1.165) is 70.6 Å². The normalized spacial score (nSPS) is 12.1. The van der Waals surface area contributed by atoms with Crippen LogP contribution in [-0.4, -0.2) is 37.2 Å². The van der Waals surface area contributed by atoms with E-state index in [-0.39, 0.29) is 31.1 Å². The first-order chi connectivity index (χ1) is 27.5. The van der Waals surface area contributed by atoms with Crippen LogP contribution in [0.4, 0.5) is 0 Å². The second kappa shape index (κ2) is 45.6. The molecule has 0 aliphatic heterocycles. The quantitative estimate of drug-likeness (QED) is 0.0265. The number of unbranched alkanes of at least 4 members (excludes halogenated alkanes) is 29. The molecule has 328 valence electrons. The molecule has 0 spiro atoms. The molecule has 1 atom stereocenters. The summed E-state index contributed by atoms with van der Waals surface area (Å²) in [5.41, 5.74) is 0. The summed E-state index contributed by atoms with van der Waals surface area (Å²) in [6, 6.07) is 0. The maximum absolute atomic E-state index is 12.7. The van der Waals surface area contributed by atoms with E-state index >= 15 is 0 Å². The van der Waals surface area contributed by atoms with Gasteiger partial charge in [-0.25, -0.2) is 0 Å². The maximum atomic E-state index is 12.7. The van der Waals surface area contributed by atoms with E-state index < -0.39 is 6.10 Å². The van der Waals surface area contributed by atoms with Crippen LogP contribution in [0.3, 0.4) is 0 Å². The van der Waals surface area contributed by atoms with Crippen LogP contribution in [0.25, 0.3) is 0 Å². The second-order valence-corrected chi connectivity index (χ2v) is 16.4. The highest BCUT2D eigenvalue weighted by atomic mass is 16.6. The number of ether oxygens (including phenoxy) is 3. The lowest BCUT2D eigenvalue weighted by Crippen LogP contribution is -2.30. The van der Waals surface area contributed by atoms with E-state index in [2.05, 4.69) is 45.1 Å². The SMILES string of the molecule is CCCCC/C=C\C/C=C\CCCCCCCCCCCC(=O)OCC(COC(=O)CCCCCCC)OC(=O)CCCCCCCCCCCCCCCC. The lowest BCUT2D eigenvalue weighted by molar-refractivity contribution is -0.167. The van der Waals surface area contributed by atoms with E-state index in [1.54, 1.807) is 0 Å². The summed E-state index contributed by atoms with van der Waals surface area (Å²) in [6.45, 7) is 6.54. The minimum atomic E-state index is -0.764. The molecule has 6 heteroatoms. The Balaban J connectivity index is 4.15. The Labute approximate surface area is 347 Å². The summed E-state index contributed by atoms with van der Waals surface area (Å²) in [7, 11) is 0. The molecule has 0 saturated carbocycles. The number of esters is 3. The lowest BCUT2D eigenvalue weighted by Gasteiger charge is -2.18. The molecule has 0 fully saturated rings. The van der Waals surface area contributed by atoms with Gasteiger partial charge in [0.15, 0.2) is 6.10 Å². The molecule has 0 aliphatic rings. The molecule has 0 radical (unpaired) electrons. The van der Waals surface area contributed by atoms with E-state index in [0.29, 0.717) is 19.3 Å². The van der Waals surface area contributed by atoms with Crippen molar-refractivity contribution in [3.8, 4) is 0 Å². The molecule has 0 rings (SSSR count). The van der Waals surface area contributed by atoms with E-state index in [9.17, 15) is 14.4 Å². The third kappa shape index (κ3) is 43.0. The van der Waals surface area contributed by atoms with Gasteiger partial charge in [0.25, 0.3) is 0 Å². The van der Waals surface area contributed by atoms with Crippen LogP contribution >= 0.6 is 0 Å². The van der Waals surface area contributed by atoms with Crippen LogP contribution in [0.1, 0.15) is 258 Å². The summed E-state index contributed by atoms with van der Waals surface area (Å²) in [5, 5.41) is 0.